The minimum atomic E-state index is -1.31. The second-order valence-electron chi connectivity index (χ2n) is 7.70. The average Bonchev–Trinajstić information content (AvgIpc) is 3.37. The summed E-state index contributed by atoms with van der Waals surface area (Å²) >= 11 is 32.9. The van der Waals surface area contributed by atoms with E-state index in [9.17, 15) is 9.59 Å². The van der Waals surface area contributed by atoms with Crippen molar-refractivity contribution in [2.75, 3.05) is 16.9 Å². The van der Waals surface area contributed by atoms with E-state index in [1.807, 2.05) is 18.4 Å². The van der Waals surface area contributed by atoms with Gasteiger partial charge in [-0.05, 0) is 72.5 Å². The van der Waals surface area contributed by atoms with Crippen LogP contribution in [0.2, 0.25) is 15.1 Å². The van der Waals surface area contributed by atoms with Crippen molar-refractivity contribution in [1.82, 2.24) is 0 Å². The normalized spacial score (nSPS) is 18.3. The van der Waals surface area contributed by atoms with Crippen LogP contribution >= 0.6 is 69.8 Å². The molecule has 1 saturated carbocycles. The molecule has 3 aromatic carbocycles. The molecule has 2 N–H and O–H groups in total. The predicted molar refractivity (Wildman–Crippen MR) is 143 cm³/mol. The Labute approximate surface area is 226 Å². The van der Waals surface area contributed by atoms with Crippen molar-refractivity contribution in [1.29, 1.82) is 0 Å². The lowest BCUT2D eigenvalue weighted by Crippen LogP contribution is -2.18. The summed E-state index contributed by atoms with van der Waals surface area (Å²) < 4.78 is -1.31. The fourth-order valence-corrected chi connectivity index (χ4v) is 5.67. The topological polar surface area (TPSA) is 58.2 Å². The van der Waals surface area contributed by atoms with Crippen molar-refractivity contribution >= 4 is 93.0 Å². The molecule has 3 aromatic rings. The lowest BCUT2D eigenvalue weighted by atomic mass is 10.1. The van der Waals surface area contributed by atoms with Gasteiger partial charge in [0.25, 0.3) is 5.91 Å². The van der Waals surface area contributed by atoms with Crippen molar-refractivity contribution in [3.05, 3.63) is 86.9 Å². The van der Waals surface area contributed by atoms with Crippen molar-refractivity contribution in [3.63, 3.8) is 0 Å². The van der Waals surface area contributed by atoms with Gasteiger partial charge in [-0.25, -0.2) is 0 Å². The van der Waals surface area contributed by atoms with Crippen LogP contribution in [0.5, 0.6) is 0 Å². The molecule has 2 atom stereocenters. The number of rotatable bonds is 6. The van der Waals surface area contributed by atoms with Crippen LogP contribution in [-0.2, 0) is 4.79 Å². The number of anilines is 2. The van der Waals surface area contributed by atoms with E-state index in [-0.39, 0.29) is 10.6 Å². The summed E-state index contributed by atoms with van der Waals surface area (Å²) in [5, 5.41) is 6.68. The van der Waals surface area contributed by atoms with Crippen molar-refractivity contribution in [3.8, 4) is 0 Å². The quantitative estimate of drug-likeness (QED) is 0.231. The third-order valence-electron chi connectivity index (χ3n) is 5.41. The first-order chi connectivity index (χ1) is 16.1. The van der Waals surface area contributed by atoms with Gasteiger partial charge in [0.1, 0.15) is 4.33 Å². The minimum Gasteiger partial charge on any atom is -0.326 e. The van der Waals surface area contributed by atoms with Crippen LogP contribution in [0.15, 0.2) is 65.6 Å². The van der Waals surface area contributed by atoms with E-state index in [1.54, 1.807) is 54.2 Å². The Bertz CT molecular complexity index is 1250. The molecular weight excluding hydrogens is 558 g/mol. The summed E-state index contributed by atoms with van der Waals surface area (Å²) in [4.78, 5) is 26.9. The molecule has 0 radical (unpaired) electrons. The molecule has 1 fully saturated rings. The van der Waals surface area contributed by atoms with Gasteiger partial charge < -0.3 is 10.6 Å². The summed E-state index contributed by atoms with van der Waals surface area (Å²) in [6.45, 7) is 0. The van der Waals surface area contributed by atoms with Gasteiger partial charge in [0.05, 0.1) is 16.5 Å². The first-order valence-electron chi connectivity index (χ1n) is 10.00. The minimum absolute atomic E-state index is 0.213. The van der Waals surface area contributed by atoms with Crippen molar-refractivity contribution in [2.45, 2.75) is 15.1 Å². The zero-order valence-electron chi connectivity index (χ0n) is 17.5. The average molecular weight is 575 g/mol. The highest BCUT2D eigenvalue weighted by Crippen LogP contribution is 2.65. The van der Waals surface area contributed by atoms with Gasteiger partial charge in [0, 0.05) is 32.2 Å². The van der Waals surface area contributed by atoms with Gasteiger partial charge in [-0.15, -0.1) is 35.0 Å². The van der Waals surface area contributed by atoms with E-state index in [0.717, 1.165) is 4.90 Å². The van der Waals surface area contributed by atoms with Gasteiger partial charge in [-0.2, -0.15) is 0 Å². The molecule has 1 aliphatic rings. The Hall–Kier alpha value is -1.60. The molecule has 4 rings (SSSR count). The highest BCUT2D eigenvalue weighted by Gasteiger charge is 2.67. The Balaban J connectivity index is 1.49. The molecule has 4 nitrogen and oxygen atoms in total. The number of alkyl halides is 2. The van der Waals surface area contributed by atoms with Crippen LogP contribution in [0, 0.1) is 5.92 Å². The summed E-state index contributed by atoms with van der Waals surface area (Å²) in [7, 11) is 0. The van der Waals surface area contributed by atoms with E-state index < -0.39 is 28.0 Å². The predicted octanol–water partition coefficient (Wildman–Crippen LogP) is 8.15. The highest BCUT2D eigenvalue weighted by molar-refractivity contribution is 7.98. The SMILES string of the molecule is CSc1ccc(NC(=O)c2cc(NC(=O)C3[C@@H](c4cc(Cl)cc(Cl)c4)C3(Cl)Cl)ccc2Cl)cc1. The van der Waals surface area contributed by atoms with Crippen molar-refractivity contribution in [2.24, 2.45) is 5.92 Å². The molecule has 0 saturated heterocycles. The van der Waals surface area contributed by atoms with Gasteiger partial charge in [0.15, 0.2) is 0 Å². The number of hydrogen-bond acceptors (Lipinski definition) is 3. The molecule has 176 valence electrons. The zero-order valence-corrected chi connectivity index (χ0v) is 22.1. The highest BCUT2D eigenvalue weighted by atomic mass is 35.5. The lowest BCUT2D eigenvalue weighted by Gasteiger charge is -2.11. The molecule has 0 aromatic heterocycles. The largest absolute Gasteiger partial charge is 0.326 e. The molecule has 1 unspecified atom stereocenters. The number of benzene rings is 3. The molecule has 2 amide bonds. The number of nitrogens with one attached hydrogen (secondary N) is 2. The fourth-order valence-electron chi connectivity index (χ4n) is 3.69. The molecule has 34 heavy (non-hydrogen) atoms. The molecule has 0 bridgehead atoms. The van der Waals surface area contributed by atoms with E-state index in [1.165, 1.54) is 6.07 Å². The number of halogens is 5. The molecule has 1 aliphatic carbocycles. The van der Waals surface area contributed by atoms with Crippen LogP contribution in [0.1, 0.15) is 21.8 Å². The Morgan fingerprint density at radius 2 is 1.47 bits per heavy atom. The lowest BCUT2D eigenvalue weighted by molar-refractivity contribution is -0.117. The molecule has 0 aliphatic heterocycles. The summed E-state index contributed by atoms with van der Waals surface area (Å²) in [5.41, 5.74) is 1.90. The second kappa shape index (κ2) is 10.2. The van der Waals surface area contributed by atoms with Crippen LogP contribution in [0.3, 0.4) is 0 Å². The molecule has 10 heteroatoms. The van der Waals surface area contributed by atoms with Crippen molar-refractivity contribution < 1.29 is 9.59 Å². The Morgan fingerprint density at radius 3 is 2.09 bits per heavy atom. The summed E-state index contributed by atoms with van der Waals surface area (Å²) in [5.74, 6) is -2.01. The standard InChI is InChI=1S/C24H17Cl5N2O2S/c1-34-17-5-2-15(3-6-17)30-22(32)18-11-16(4-7-19(18)27)31-23(33)21-20(24(21,28)29)12-8-13(25)10-14(26)9-12/h2-11,20-21H,1H3,(H,30,32)(H,31,33)/t20-,21?/m1/s1. The van der Waals surface area contributed by atoms with Crippen LogP contribution in [-0.4, -0.2) is 22.4 Å². The third kappa shape index (κ3) is 5.46. The Morgan fingerprint density at radius 1 is 0.853 bits per heavy atom. The number of carbonyl (C=O) groups is 2. The second-order valence-corrected chi connectivity index (χ2v) is 11.3. The number of thioether (sulfide) groups is 1. The number of carbonyl (C=O) groups excluding carboxylic acids is 2. The number of hydrogen-bond donors (Lipinski definition) is 2. The van der Waals surface area contributed by atoms with Gasteiger partial charge in [0.2, 0.25) is 5.91 Å². The zero-order chi connectivity index (χ0) is 24.6. The summed E-state index contributed by atoms with van der Waals surface area (Å²) in [6, 6.07) is 17.0. The van der Waals surface area contributed by atoms with Crippen LogP contribution in [0.4, 0.5) is 11.4 Å². The molecule has 0 spiro atoms. The van der Waals surface area contributed by atoms with Gasteiger partial charge in [-0.1, -0.05) is 34.8 Å². The Kier molecular flexibility index (Phi) is 7.63. The maximum Gasteiger partial charge on any atom is 0.257 e. The van der Waals surface area contributed by atoms with E-state index in [2.05, 4.69) is 10.6 Å². The van der Waals surface area contributed by atoms with E-state index in [0.29, 0.717) is 27.0 Å². The molecule has 0 heterocycles. The first-order valence-corrected chi connectivity index (χ1v) is 13.1. The fraction of sp³-hybridized carbons (Fsp3) is 0.167. The maximum atomic E-state index is 13.0. The van der Waals surface area contributed by atoms with Gasteiger partial charge in [-0.3, -0.25) is 9.59 Å². The van der Waals surface area contributed by atoms with E-state index >= 15 is 0 Å². The third-order valence-corrected chi connectivity index (χ3v) is 7.86. The summed E-state index contributed by atoms with van der Waals surface area (Å²) in [6.07, 6.45) is 1.97. The van der Waals surface area contributed by atoms with Gasteiger partial charge >= 0.3 is 0 Å². The van der Waals surface area contributed by atoms with E-state index in [4.69, 9.17) is 58.0 Å². The number of amides is 2. The van der Waals surface area contributed by atoms with Crippen LogP contribution < -0.4 is 10.6 Å². The molecular formula is C24H17Cl5N2O2S. The first kappa shape index (κ1) is 25.5. The smallest absolute Gasteiger partial charge is 0.257 e. The monoisotopic (exact) mass is 572 g/mol. The maximum absolute atomic E-state index is 13.0. The van der Waals surface area contributed by atoms with Crippen LogP contribution in [0.25, 0.3) is 0 Å².